The monoisotopic (exact) mass is 371 g/mol. The van der Waals surface area contributed by atoms with Crippen LogP contribution in [0.15, 0.2) is 32.4 Å². The van der Waals surface area contributed by atoms with Crippen molar-refractivity contribution in [2.75, 3.05) is 13.6 Å². The topological polar surface area (TPSA) is 36.4 Å². The van der Waals surface area contributed by atoms with E-state index in [0.717, 1.165) is 25.5 Å². The molecule has 2 rings (SSSR count). The third-order valence-corrected chi connectivity index (χ3v) is 5.61. The van der Waals surface area contributed by atoms with Crippen LogP contribution in [0.1, 0.15) is 15.3 Å². The van der Waals surface area contributed by atoms with Crippen LogP contribution in [0, 0.1) is 6.92 Å². The van der Waals surface area contributed by atoms with Crippen LogP contribution in [-0.2, 0) is 13.0 Å². The van der Waals surface area contributed by atoms with Gasteiger partial charge < -0.3 is 10.6 Å². The maximum Gasteiger partial charge on any atom is 0.191 e. The molecule has 2 aromatic rings. The van der Waals surface area contributed by atoms with E-state index in [1.165, 1.54) is 19.1 Å². The predicted octanol–water partition coefficient (Wildman–Crippen LogP) is 3.79. The average Bonchev–Trinajstić information content (AvgIpc) is 3.03. The van der Waals surface area contributed by atoms with Crippen molar-refractivity contribution in [1.82, 2.24) is 10.6 Å². The Hall–Kier alpha value is -0.850. The Morgan fingerprint density at radius 2 is 2.15 bits per heavy atom. The van der Waals surface area contributed by atoms with Gasteiger partial charge in [-0.25, -0.2) is 0 Å². The maximum absolute atomic E-state index is 4.25. The molecule has 0 unspecified atom stereocenters. The molecule has 20 heavy (non-hydrogen) atoms. The molecule has 0 bridgehead atoms. The number of aryl methyl sites for hydroxylation is 1. The molecule has 108 valence electrons. The van der Waals surface area contributed by atoms with Gasteiger partial charge in [0.25, 0.3) is 0 Å². The van der Waals surface area contributed by atoms with Crippen LogP contribution in [0.3, 0.4) is 0 Å². The molecule has 0 spiro atoms. The van der Waals surface area contributed by atoms with Crippen LogP contribution in [-0.4, -0.2) is 19.6 Å². The van der Waals surface area contributed by atoms with Gasteiger partial charge in [-0.1, -0.05) is 0 Å². The van der Waals surface area contributed by atoms with Crippen LogP contribution in [0.25, 0.3) is 0 Å². The second-order valence-corrected chi connectivity index (χ2v) is 7.88. The summed E-state index contributed by atoms with van der Waals surface area (Å²) in [6.45, 7) is 3.85. The van der Waals surface area contributed by atoms with Crippen LogP contribution < -0.4 is 10.6 Å². The van der Waals surface area contributed by atoms with Crippen molar-refractivity contribution in [3.63, 3.8) is 0 Å². The van der Waals surface area contributed by atoms with Gasteiger partial charge in [-0.2, -0.15) is 0 Å². The van der Waals surface area contributed by atoms with E-state index in [2.05, 4.69) is 62.1 Å². The molecule has 0 aliphatic carbocycles. The van der Waals surface area contributed by atoms with E-state index in [1.54, 1.807) is 29.7 Å². The normalized spacial score (nSPS) is 11.7. The minimum absolute atomic E-state index is 0.827. The number of aliphatic imine (C=N–C) groups is 1. The minimum atomic E-state index is 0.827. The number of halogens is 1. The molecular weight excluding hydrogens is 354 g/mol. The third-order valence-electron chi connectivity index (χ3n) is 2.90. The Balaban J connectivity index is 1.74. The summed E-state index contributed by atoms with van der Waals surface area (Å²) in [5, 5.41) is 8.81. The van der Waals surface area contributed by atoms with Crippen LogP contribution in [0.5, 0.6) is 0 Å². The molecule has 0 aliphatic rings. The molecule has 0 saturated carbocycles. The summed E-state index contributed by atoms with van der Waals surface area (Å²) < 4.78 is 1.18. The fraction of sp³-hybridized carbons (Fsp3) is 0.357. The van der Waals surface area contributed by atoms with Gasteiger partial charge >= 0.3 is 0 Å². The molecule has 0 aliphatic heterocycles. The summed E-state index contributed by atoms with van der Waals surface area (Å²) in [4.78, 5) is 6.97. The molecule has 0 amide bonds. The Morgan fingerprint density at radius 3 is 2.75 bits per heavy atom. The number of guanidine groups is 1. The largest absolute Gasteiger partial charge is 0.356 e. The quantitative estimate of drug-likeness (QED) is 0.619. The molecule has 6 heteroatoms. The molecule has 3 nitrogen and oxygen atoms in total. The van der Waals surface area contributed by atoms with E-state index in [-0.39, 0.29) is 0 Å². The van der Waals surface area contributed by atoms with Gasteiger partial charge in [0.15, 0.2) is 5.96 Å². The summed E-state index contributed by atoms with van der Waals surface area (Å²) >= 11 is 7.04. The average molecular weight is 372 g/mol. The molecule has 0 saturated heterocycles. The van der Waals surface area contributed by atoms with Crippen LogP contribution in [0.4, 0.5) is 0 Å². The van der Waals surface area contributed by atoms with E-state index in [9.17, 15) is 0 Å². The van der Waals surface area contributed by atoms with Gasteiger partial charge in [-0.3, -0.25) is 4.99 Å². The number of nitrogens with zero attached hydrogens (tertiary/aromatic N) is 1. The van der Waals surface area contributed by atoms with Gasteiger partial charge in [-0.15, -0.1) is 22.7 Å². The van der Waals surface area contributed by atoms with E-state index >= 15 is 0 Å². The van der Waals surface area contributed by atoms with Crippen molar-refractivity contribution in [3.05, 3.63) is 42.7 Å². The Morgan fingerprint density at radius 1 is 1.30 bits per heavy atom. The van der Waals surface area contributed by atoms with Gasteiger partial charge in [0, 0.05) is 23.3 Å². The zero-order valence-electron chi connectivity index (χ0n) is 11.6. The highest BCUT2D eigenvalue weighted by Crippen LogP contribution is 2.22. The first kappa shape index (κ1) is 15.5. The van der Waals surface area contributed by atoms with E-state index in [1.807, 2.05) is 0 Å². The number of rotatable bonds is 5. The SMILES string of the molecule is CN=C(NCCc1ccc(Br)s1)NCc1sccc1C. The van der Waals surface area contributed by atoms with Gasteiger partial charge in [0.2, 0.25) is 0 Å². The molecule has 2 heterocycles. The first-order chi connectivity index (χ1) is 9.69. The van der Waals surface area contributed by atoms with E-state index < -0.39 is 0 Å². The van der Waals surface area contributed by atoms with E-state index in [0.29, 0.717) is 0 Å². The smallest absolute Gasteiger partial charge is 0.191 e. The van der Waals surface area contributed by atoms with E-state index in [4.69, 9.17) is 0 Å². The minimum Gasteiger partial charge on any atom is -0.356 e. The zero-order valence-corrected chi connectivity index (χ0v) is 14.8. The summed E-state index contributed by atoms with van der Waals surface area (Å²) in [5.74, 6) is 0.855. The molecular formula is C14H18BrN3S2. The molecule has 0 fully saturated rings. The Bertz CT molecular complexity index is 574. The second-order valence-electron chi connectivity index (χ2n) is 4.34. The highest BCUT2D eigenvalue weighted by molar-refractivity contribution is 9.11. The Kier molecular flexibility index (Phi) is 6.06. The standard InChI is InChI=1S/C14H18BrN3S2/c1-10-6-8-19-12(10)9-18-14(16-2)17-7-5-11-3-4-13(15)20-11/h3-4,6,8H,5,7,9H2,1-2H3,(H2,16,17,18). The third kappa shape index (κ3) is 4.61. The summed E-state index contributed by atoms with van der Waals surface area (Å²) in [7, 11) is 1.80. The van der Waals surface area contributed by atoms with Crippen molar-refractivity contribution >= 4 is 44.6 Å². The van der Waals surface area contributed by atoms with Crippen molar-refractivity contribution in [2.24, 2.45) is 4.99 Å². The second kappa shape index (κ2) is 7.81. The molecule has 0 radical (unpaired) electrons. The van der Waals surface area contributed by atoms with Gasteiger partial charge in [0.05, 0.1) is 10.3 Å². The lowest BCUT2D eigenvalue weighted by atomic mass is 10.3. The number of nitrogens with one attached hydrogen (secondary N) is 2. The first-order valence-electron chi connectivity index (χ1n) is 6.40. The number of hydrogen-bond acceptors (Lipinski definition) is 3. The van der Waals surface area contributed by atoms with Crippen molar-refractivity contribution in [2.45, 2.75) is 19.9 Å². The molecule has 0 atom stereocenters. The molecule has 0 aromatic carbocycles. The molecule has 2 N–H and O–H groups in total. The van der Waals surface area contributed by atoms with Crippen molar-refractivity contribution in [3.8, 4) is 0 Å². The van der Waals surface area contributed by atoms with Crippen molar-refractivity contribution in [1.29, 1.82) is 0 Å². The lowest BCUT2D eigenvalue weighted by molar-refractivity contribution is 0.803. The predicted molar refractivity (Wildman–Crippen MR) is 93.0 cm³/mol. The maximum atomic E-state index is 4.25. The summed E-state index contributed by atoms with van der Waals surface area (Å²) in [6.07, 6.45) is 1.01. The van der Waals surface area contributed by atoms with Gasteiger partial charge in [-0.05, 0) is 58.4 Å². The zero-order chi connectivity index (χ0) is 14.4. The highest BCUT2D eigenvalue weighted by Gasteiger charge is 2.02. The number of thiophene rings is 2. The van der Waals surface area contributed by atoms with Crippen molar-refractivity contribution < 1.29 is 0 Å². The first-order valence-corrected chi connectivity index (χ1v) is 8.89. The lowest BCUT2D eigenvalue weighted by Crippen LogP contribution is -2.37. The summed E-state index contributed by atoms with van der Waals surface area (Å²) in [5.41, 5.74) is 1.33. The van der Waals surface area contributed by atoms with Gasteiger partial charge in [0.1, 0.15) is 0 Å². The number of hydrogen-bond donors (Lipinski definition) is 2. The fourth-order valence-corrected chi connectivity index (χ4v) is 4.09. The Labute approximate surface area is 136 Å². The van der Waals surface area contributed by atoms with Crippen LogP contribution >= 0.6 is 38.6 Å². The lowest BCUT2D eigenvalue weighted by Gasteiger charge is -2.11. The fourth-order valence-electron chi connectivity index (χ4n) is 1.76. The van der Waals surface area contributed by atoms with Crippen LogP contribution in [0.2, 0.25) is 0 Å². The summed E-state index contributed by atoms with van der Waals surface area (Å²) in [6, 6.07) is 6.39. The molecule has 2 aromatic heterocycles. The highest BCUT2D eigenvalue weighted by atomic mass is 79.9.